The number of carbonyl (C=O) groups is 1. The highest BCUT2D eigenvalue weighted by Crippen LogP contribution is 2.31. The predicted molar refractivity (Wildman–Crippen MR) is 116 cm³/mol. The Hall–Kier alpha value is -3.46. The Kier molecular flexibility index (Phi) is 5.84. The normalized spacial score (nSPS) is 11.4. The molecule has 0 N–H and O–H groups in total. The summed E-state index contributed by atoms with van der Waals surface area (Å²) < 4.78 is 45.7. The standard InChI is InChI=1S/C23H15BrF3N3O2/c1-32-22(31)17-10-16(14-4-8-19(24)9-5-14)11-20(12-17)30-13-21(28-29-30)15-2-6-18(7-3-15)23(25,26)27/h2-13H,1H3. The summed E-state index contributed by atoms with van der Waals surface area (Å²) in [6.07, 6.45) is -2.82. The van der Waals surface area contributed by atoms with Gasteiger partial charge in [0, 0.05) is 10.0 Å². The summed E-state index contributed by atoms with van der Waals surface area (Å²) in [5.74, 6) is -0.506. The van der Waals surface area contributed by atoms with Crippen molar-refractivity contribution in [2.24, 2.45) is 0 Å². The van der Waals surface area contributed by atoms with Crippen LogP contribution in [-0.2, 0) is 10.9 Å². The van der Waals surface area contributed by atoms with Crippen molar-refractivity contribution in [2.75, 3.05) is 7.11 Å². The fourth-order valence-electron chi connectivity index (χ4n) is 3.14. The predicted octanol–water partition coefficient (Wildman–Crippen LogP) is 6.17. The molecule has 162 valence electrons. The minimum Gasteiger partial charge on any atom is -0.465 e. The van der Waals surface area contributed by atoms with Crippen LogP contribution in [-0.4, -0.2) is 28.1 Å². The van der Waals surface area contributed by atoms with E-state index in [2.05, 4.69) is 26.2 Å². The van der Waals surface area contributed by atoms with Crippen LogP contribution in [0.2, 0.25) is 0 Å². The highest BCUT2D eigenvalue weighted by molar-refractivity contribution is 9.10. The maximum Gasteiger partial charge on any atom is 0.416 e. The van der Waals surface area contributed by atoms with Gasteiger partial charge in [-0.25, -0.2) is 9.48 Å². The Morgan fingerprint density at radius 3 is 2.22 bits per heavy atom. The van der Waals surface area contributed by atoms with Gasteiger partial charge < -0.3 is 4.74 Å². The second-order valence-electron chi connectivity index (χ2n) is 6.89. The summed E-state index contributed by atoms with van der Waals surface area (Å²) in [5, 5.41) is 8.17. The molecule has 0 aliphatic rings. The summed E-state index contributed by atoms with van der Waals surface area (Å²) >= 11 is 3.40. The molecular formula is C23H15BrF3N3O2. The lowest BCUT2D eigenvalue weighted by molar-refractivity contribution is -0.137. The van der Waals surface area contributed by atoms with E-state index in [9.17, 15) is 18.0 Å². The second kappa shape index (κ2) is 8.58. The average Bonchev–Trinajstić information content (AvgIpc) is 3.28. The van der Waals surface area contributed by atoms with Gasteiger partial charge in [-0.1, -0.05) is 45.4 Å². The van der Waals surface area contributed by atoms with Crippen molar-refractivity contribution in [1.82, 2.24) is 15.0 Å². The molecule has 0 fully saturated rings. The van der Waals surface area contributed by atoms with E-state index in [0.29, 0.717) is 22.5 Å². The third-order valence-electron chi connectivity index (χ3n) is 4.78. The van der Waals surface area contributed by atoms with E-state index in [0.717, 1.165) is 27.7 Å². The number of methoxy groups -OCH3 is 1. The third kappa shape index (κ3) is 4.57. The lowest BCUT2D eigenvalue weighted by Crippen LogP contribution is -2.04. The fourth-order valence-corrected chi connectivity index (χ4v) is 3.40. The summed E-state index contributed by atoms with van der Waals surface area (Å²) in [5.41, 5.74) is 2.67. The molecule has 0 saturated heterocycles. The summed E-state index contributed by atoms with van der Waals surface area (Å²) in [4.78, 5) is 12.2. The SMILES string of the molecule is COC(=O)c1cc(-c2ccc(Br)cc2)cc(-n2cc(-c3ccc(C(F)(F)F)cc3)nn2)c1. The summed E-state index contributed by atoms with van der Waals surface area (Å²) in [6.45, 7) is 0. The van der Waals surface area contributed by atoms with Gasteiger partial charge in [-0.05, 0) is 53.6 Å². The van der Waals surface area contributed by atoms with Gasteiger partial charge in [-0.2, -0.15) is 13.2 Å². The van der Waals surface area contributed by atoms with Crippen molar-refractivity contribution in [2.45, 2.75) is 6.18 Å². The Balaban J connectivity index is 1.73. The molecule has 0 aliphatic heterocycles. The van der Waals surface area contributed by atoms with Gasteiger partial charge in [-0.3, -0.25) is 0 Å². The van der Waals surface area contributed by atoms with Gasteiger partial charge in [0.1, 0.15) is 5.69 Å². The summed E-state index contributed by atoms with van der Waals surface area (Å²) in [7, 11) is 1.30. The maximum absolute atomic E-state index is 12.8. The number of hydrogen-bond donors (Lipinski definition) is 0. The molecule has 1 aromatic heterocycles. The molecule has 9 heteroatoms. The molecule has 0 bridgehead atoms. The second-order valence-corrected chi connectivity index (χ2v) is 7.81. The third-order valence-corrected chi connectivity index (χ3v) is 5.31. The van der Waals surface area contributed by atoms with Crippen LogP contribution in [0, 0.1) is 0 Å². The van der Waals surface area contributed by atoms with Crippen molar-refractivity contribution in [3.63, 3.8) is 0 Å². The first-order valence-corrected chi connectivity index (χ1v) is 10.1. The van der Waals surface area contributed by atoms with E-state index in [1.807, 2.05) is 30.3 Å². The van der Waals surface area contributed by atoms with Crippen LogP contribution in [0.1, 0.15) is 15.9 Å². The van der Waals surface area contributed by atoms with E-state index >= 15 is 0 Å². The first-order valence-electron chi connectivity index (χ1n) is 9.34. The van der Waals surface area contributed by atoms with E-state index in [1.165, 1.54) is 23.9 Å². The lowest BCUT2D eigenvalue weighted by Gasteiger charge is -2.09. The van der Waals surface area contributed by atoms with Crippen molar-refractivity contribution in [3.8, 4) is 28.1 Å². The largest absolute Gasteiger partial charge is 0.465 e. The number of esters is 1. The molecule has 0 unspecified atom stereocenters. The molecule has 0 saturated carbocycles. The van der Waals surface area contributed by atoms with E-state index in [4.69, 9.17) is 4.74 Å². The van der Waals surface area contributed by atoms with Crippen LogP contribution in [0.5, 0.6) is 0 Å². The molecule has 5 nitrogen and oxygen atoms in total. The first-order chi connectivity index (χ1) is 15.2. The minimum absolute atomic E-state index is 0.328. The highest BCUT2D eigenvalue weighted by atomic mass is 79.9. The molecule has 32 heavy (non-hydrogen) atoms. The quantitative estimate of drug-likeness (QED) is 0.314. The molecule has 0 amide bonds. The molecule has 0 radical (unpaired) electrons. The topological polar surface area (TPSA) is 57.0 Å². The lowest BCUT2D eigenvalue weighted by atomic mass is 10.0. The molecular weight excluding hydrogens is 487 g/mol. The maximum atomic E-state index is 12.8. The molecule has 0 spiro atoms. The number of rotatable bonds is 4. The Morgan fingerprint density at radius 2 is 1.59 bits per heavy atom. The zero-order valence-electron chi connectivity index (χ0n) is 16.6. The van der Waals surface area contributed by atoms with Gasteiger partial charge in [0.25, 0.3) is 0 Å². The van der Waals surface area contributed by atoms with Crippen LogP contribution < -0.4 is 0 Å². The number of carbonyl (C=O) groups excluding carboxylic acids is 1. The zero-order valence-corrected chi connectivity index (χ0v) is 18.2. The van der Waals surface area contributed by atoms with Gasteiger partial charge in [-0.15, -0.1) is 5.10 Å². The van der Waals surface area contributed by atoms with Crippen molar-refractivity contribution < 1.29 is 22.7 Å². The number of alkyl halides is 3. The Labute approximate surface area is 189 Å². The van der Waals surface area contributed by atoms with E-state index in [1.54, 1.807) is 18.3 Å². The van der Waals surface area contributed by atoms with Crippen LogP contribution in [0.25, 0.3) is 28.1 Å². The first kappa shape index (κ1) is 21.8. The van der Waals surface area contributed by atoms with E-state index < -0.39 is 17.7 Å². The fraction of sp³-hybridized carbons (Fsp3) is 0.0870. The highest BCUT2D eigenvalue weighted by Gasteiger charge is 2.30. The van der Waals surface area contributed by atoms with Crippen LogP contribution in [0.3, 0.4) is 0 Å². The molecule has 0 aliphatic carbocycles. The number of ether oxygens (including phenoxy) is 1. The van der Waals surface area contributed by atoms with Gasteiger partial charge in [0.2, 0.25) is 0 Å². The Morgan fingerprint density at radius 1 is 0.938 bits per heavy atom. The molecule has 1 heterocycles. The number of aromatic nitrogens is 3. The molecule has 4 aromatic rings. The number of nitrogens with zero attached hydrogens (tertiary/aromatic N) is 3. The van der Waals surface area contributed by atoms with Gasteiger partial charge in [0.15, 0.2) is 0 Å². The Bertz CT molecular complexity index is 1270. The number of halogens is 4. The summed E-state index contributed by atoms with van der Waals surface area (Å²) in [6, 6.07) is 17.4. The molecule has 4 rings (SSSR count). The average molecular weight is 502 g/mol. The van der Waals surface area contributed by atoms with E-state index in [-0.39, 0.29) is 0 Å². The zero-order chi connectivity index (χ0) is 22.9. The van der Waals surface area contributed by atoms with Crippen molar-refractivity contribution >= 4 is 21.9 Å². The van der Waals surface area contributed by atoms with Crippen LogP contribution in [0.15, 0.2) is 77.4 Å². The van der Waals surface area contributed by atoms with Gasteiger partial charge >= 0.3 is 12.1 Å². The monoisotopic (exact) mass is 501 g/mol. The number of benzene rings is 3. The number of hydrogen-bond acceptors (Lipinski definition) is 4. The minimum atomic E-state index is -4.41. The van der Waals surface area contributed by atoms with Crippen molar-refractivity contribution in [1.29, 1.82) is 0 Å². The van der Waals surface area contributed by atoms with Gasteiger partial charge in [0.05, 0.1) is 30.1 Å². The van der Waals surface area contributed by atoms with Crippen molar-refractivity contribution in [3.05, 3.63) is 88.5 Å². The smallest absolute Gasteiger partial charge is 0.416 e. The molecule has 3 aromatic carbocycles. The van der Waals surface area contributed by atoms with Crippen LogP contribution >= 0.6 is 15.9 Å². The molecule has 0 atom stereocenters. The van der Waals surface area contributed by atoms with Crippen LogP contribution in [0.4, 0.5) is 13.2 Å².